The summed E-state index contributed by atoms with van der Waals surface area (Å²) in [7, 11) is 0. The van der Waals surface area contributed by atoms with E-state index in [1.165, 1.54) is 0 Å². The van der Waals surface area contributed by atoms with Crippen LogP contribution in [-0.4, -0.2) is 17.6 Å². The van der Waals surface area contributed by atoms with Gasteiger partial charge in [0.2, 0.25) is 0 Å². The Bertz CT molecular complexity index is 554. The Kier molecular flexibility index (Phi) is 4.51. The van der Waals surface area contributed by atoms with Gasteiger partial charge in [0.1, 0.15) is 0 Å². The molecule has 3 nitrogen and oxygen atoms in total. The van der Waals surface area contributed by atoms with Crippen molar-refractivity contribution in [1.82, 2.24) is 4.98 Å². The highest BCUT2D eigenvalue weighted by Crippen LogP contribution is 2.29. The van der Waals surface area contributed by atoms with Crippen LogP contribution in [0.25, 0.3) is 0 Å². The second-order valence-corrected chi connectivity index (χ2v) is 4.96. The van der Waals surface area contributed by atoms with Gasteiger partial charge in [0, 0.05) is 12.4 Å². The molecule has 1 aromatic heterocycles. The van der Waals surface area contributed by atoms with Gasteiger partial charge in [-0.15, -0.1) is 0 Å². The molecule has 1 heterocycles. The lowest BCUT2D eigenvalue weighted by Gasteiger charge is -2.27. The van der Waals surface area contributed by atoms with Crippen molar-refractivity contribution in [3.8, 4) is 0 Å². The quantitative estimate of drug-likeness (QED) is 0.783. The largest absolute Gasteiger partial charge is 0.465 e. The molecule has 0 saturated carbocycles. The van der Waals surface area contributed by atoms with Gasteiger partial charge in [0.05, 0.1) is 12.0 Å². The van der Waals surface area contributed by atoms with Crippen LogP contribution >= 0.6 is 0 Å². The van der Waals surface area contributed by atoms with Crippen molar-refractivity contribution in [3.05, 3.63) is 66.0 Å². The molecule has 0 radical (unpaired) electrons. The van der Waals surface area contributed by atoms with Crippen LogP contribution in [-0.2, 0) is 21.4 Å². The number of esters is 1. The average molecular weight is 269 g/mol. The third-order valence-electron chi connectivity index (χ3n) is 3.42. The molecule has 0 saturated heterocycles. The van der Waals surface area contributed by atoms with Gasteiger partial charge in [-0.05, 0) is 37.5 Å². The van der Waals surface area contributed by atoms with Gasteiger partial charge in [-0.2, -0.15) is 0 Å². The number of carbonyl (C=O) groups excluding carboxylic acids is 1. The Morgan fingerprint density at radius 3 is 2.55 bits per heavy atom. The van der Waals surface area contributed by atoms with Gasteiger partial charge in [0.25, 0.3) is 0 Å². The number of carbonyl (C=O) groups is 1. The minimum atomic E-state index is -0.694. The van der Waals surface area contributed by atoms with Crippen LogP contribution in [0, 0.1) is 0 Å². The smallest absolute Gasteiger partial charge is 0.316 e. The zero-order valence-electron chi connectivity index (χ0n) is 11.9. The number of hydrogen-bond donors (Lipinski definition) is 0. The molecule has 0 amide bonds. The Morgan fingerprint density at radius 1 is 1.20 bits per heavy atom. The molecule has 0 spiro atoms. The summed E-state index contributed by atoms with van der Waals surface area (Å²) in [6.07, 6.45) is 4.10. The number of ether oxygens (including phenoxy) is 1. The maximum atomic E-state index is 12.4. The minimum absolute atomic E-state index is 0.199. The van der Waals surface area contributed by atoms with Gasteiger partial charge < -0.3 is 4.74 Å². The first kappa shape index (κ1) is 14.3. The van der Waals surface area contributed by atoms with Crippen molar-refractivity contribution in [2.24, 2.45) is 0 Å². The summed E-state index contributed by atoms with van der Waals surface area (Å²) < 4.78 is 5.27. The third kappa shape index (κ3) is 3.05. The lowest BCUT2D eigenvalue weighted by molar-refractivity contribution is -0.149. The second-order valence-electron chi connectivity index (χ2n) is 4.96. The highest BCUT2D eigenvalue weighted by molar-refractivity contribution is 5.83. The van der Waals surface area contributed by atoms with Gasteiger partial charge >= 0.3 is 5.97 Å². The standard InChI is InChI=1S/C17H19NO2/c1-3-20-16(19)17(2,15-9-5-4-6-10-15)12-14-8-7-11-18-13-14/h4-11,13H,3,12H2,1-2H3. The number of aromatic nitrogens is 1. The molecule has 0 bridgehead atoms. The number of rotatable bonds is 5. The summed E-state index contributed by atoms with van der Waals surface area (Å²) in [5.74, 6) is -0.199. The number of pyridine rings is 1. The van der Waals surface area contributed by atoms with E-state index < -0.39 is 5.41 Å². The van der Waals surface area contributed by atoms with E-state index >= 15 is 0 Å². The van der Waals surface area contributed by atoms with Crippen molar-refractivity contribution in [3.63, 3.8) is 0 Å². The Balaban J connectivity index is 2.36. The molecule has 104 valence electrons. The Morgan fingerprint density at radius 2 is 1.95 bits per heavy atom. The minimum Gasteiger partial charge on any atom is -0.465 e. The van der Waals surface area contributed by atoms with E-state index in [0.717, 1.165) is 11.1 Å². The topological polar surface area (TPSA) is 39.2 Å². The van der Waals surface area contributed by atoms with Gasteiger partial charge in [-0.3, -0.25) is 9.78 Å². The summed E-state index contributed by atoms with van der Waals surface area (Å²) in [5, 5.41) is 0. The first-order valence-electron chi connectivity index (χ1n) is 6.78. The summed E-state index contributed by atoms with van der Waals surface area (Å²) >= 11 is 0. The molecule has 20 heavy (non-hydrogen) atoms. The molecule has 0 aliphatic carbocycles. The van der Waals surface area contributed by atoms with Gasteiger partial charge in [-0.25, -0.2) is 0 Å². The van der Waals surface area contributed by atoms with Crippen molar-refractivity contribution < 1.29 is 9.53 Å². The number of hydrogen-bond acceptors (Lipinski definition) is 3. The molecule has 1 aromatic carbocycles. The Hall–Kier alpha value is -2.16. The molecule has 2 aromatic rings. The van der Waals surface area contributed by atoms with E-state index in [1.807, 2.05) is 56.3 Å². The summed E-state index contributed by atoms with van der Waals surface area (Å²) in [5.41, 5.74) is 1.29. The van der Waals surface area contributed by atoms with Crippen molar-refractivity contribution >= 4 is 5.97 Å². The van der Waals surface area contributed by atoms with Crippen molar-refractivity contribution in [2.45, 2.75) is 25.7 Å². The third-order valence-corrected chi connectivity index (χ3v) is 3.42. The van der Waals surface area contributed by atoms with Crippen LogP contribution in [0.4, 0.5) is 0 Å². The molecule has 1 unspecified atom stereocenters. The van der Waals surface area contributed by atoms with Crippen LogP contribution in [0.1, 0.15) is 25.0 Å². The molecule has 3 heteroatoms. The fraction of sp³-hybridized carbons (Fsp3) is 0.294. The van der Waals surface area contributed by atoms with Crippen molar-refractivity contribution in [1.29, 1.82) is 0 Å². The van der Waals surface area contributed by atoms with Crippen LogP contribution in [0.5, 0.6) is 0 Å². The SMILES string of the molecule is CCOC(=O)C(C)(Cc1cccnc1)c1ccccc1. The first-order valence-corrected chi connectivity index (χ1v) is 6.78. The second kappa shape index (κ2) is 6.33. The highest BCUT2D eigenvalue weighted by Gasteiger charge is 2.36. The molecular formula is C17H19NO2. The van der Waals surface area contributed by atoms with E-state index in [4.69, 9.17) is 4.74 Å². The van der Waals surface area contributed by atoms with Crippen LogP contribution in [0.2, 0.25) is 0 Å². The van der Waals surface area contributed by atoms with Gasteiger partial charge in [-0.1, -0.05) is 36.4 Å². The van der Waals surface area contributed by atoms with E-state index in [2.05, 4.69) is 4.98 Å². The molecule has 1 atom stereocenters. The summed E-state index contributed by atoms with van der Waals surface area (Å²) in [6, 6.07) is 13.6. The zero-order chi connectivity index (χ0) is 14.4. The van der Waals surface area contributed by atoms with Crippen LogP contribution in [0.15, 0.2) is 54.9 Å². The predicted molar refractivity (Wildman–Crippen MR) is 78.4 cm³/mol. The summed E-state index contributed by atoms with van der Waals surface area (Å²) in [6.45, 7) is 4.13. The fourth-order valence-electron chi connectivity index (χ4n) is 2.30. The summed E-state index contributed by atoms with van der Waals surface area (Å²) in [4.78, 5) is 16.5. The zero-order valence-corrected chi connectivity index (χ0v) is 11.9. The van der Waals surface area contributed by atoms with Crippen molar-refractivity contribution in [2.75, 3.05) is 6.61 Å². The number of nitrogens with zero attached hydrogens (tertiary/aromatic N) is 1. The maximum Gasteiger partial charge on any atom is 0.316 e. The molecule has 0 aliphatic rings. The maximum absolute atomic E-state index is 12.4. The van der Waals surface area contributed by atoms with Crippen LogP contribution < -0.4 is 0 Å². The molecular weight excluding hydrogens is 250 g/mol. The van der Waals surface area contributed by atoms with E-state index in [1.54, 1.807) is 12.4 Å². The molecule has 2 rings (SSSR count). The van der Waals surface area contributed by atoms with E-state index in [-0.39, 0.29) is 5.97 Å². The molecule has 0 fully saturated rings. The fourth-order valence-corrected chi connectivity index (χ4v) is 2.30. The lowest BCUT2D eigenvalue weighted by Crippen LogP contribution is -2.36. The molecule has 0 aliphatic heterocycles. The monoisotopic (exact) mass is 269 g/mol. The normalized spacial score (nSPS) is 13.5. The van der Waals surface area contributed by atoms with E-state index in [9.17, 15) is 4.79 Å². The van der Waals surface area contributed by atoms with Crippen LogP contribution in [0.3, 0.4) is 0 Å². The Labute approximate surface area is 119 Å². The van der Waals surface area contributed by atoms with Gasteiger partial charge in [0.15, 0.2) is 0 Å². The average Bonchev–Trinajstić information content (AvgIpc) is 2.49. The number of benzene rings is 1. The highest BCUT2D eigenvalue weighted by atomic mass is 16.5. The molecule has 0 N–H and O–H groups in total. The lowest BCUT2D eigenvalue weighted by atomic mass is 9.77. The first-order chi connectivity index (χ1) is 9.66. The van der Waals surface area contributed by atoms with E-state index in [0.29, 0.717) is 13.0 Å². The predicted octanol–water partition coefficient (Wildman–Crippen LogP) is 3.15.